The van der Waals surface area contributed by atoms with Crippen molar-refractivity contribution in [3.63, 3.8) is 0 Å². The van der Waals surface area contributed by atoms with Gasteiger partial charge in [0.05, 0.1) is 7.11 Å². The molecule has 0 radical (unpaired) electrons. The quantitative estimate of drug-likeness (QED) is 0.703. The molecule has 0 aliphatic heterocycles. The lowest BCUT2D eigenvalue weighted by Gasteiger charge is -2.06. The molecule has 0 saturated heterocycles. The second kappa shape index (κ2) is 5.80. The molecule has 0 saturated carbocycles. The summed E-state index contributed by atoms with van der Waals surface area (Å²) in [5.74, 6) is 0.552. The minimum atomic E-state index is 0.136. The molecule has 0 atom stereocenters. The molecular formula is C10H15N7O. The van der Waals surface area contributed by atoms with Crippen molar-refractivity contribution in [1.29, 1.82) is 0 Å². The summed E-state index contributed by atoms with van der Waals surface area (Å²) in [5.41, 5.74) is 5.52. The number of rotatable bonds is 6. The Morgan fingerprint density at radius 2 is 2.28 bits per heavy atom. The second-order valence-corrected chi connectivity index (χ2v) is 3.55. The van der Waals surface area contributed by atoms with E-state index in [9.17, 15) is 0 Å². The minimum absolute atomic E-state index is 0.136. The predicted molar refractivity (Wildman–Crippen MR) is 66.1 cm³/mol. The van der Waals surface area contributed by atoms with Crippen molar-refractivity contribution in [1.82, 2.24) is 24.7 Å². The lowest BCUT2D eigenvalue weighted by atomic mass is 10.4. The summed E-state index contributed by atoms with van der Waals surface area (Å²) in [5, 5.41) is 7.17. The first kappa shape index (κ1) is 12.1. The maximum absolute atomic E-state index is 5.52. The summed E-state index contributed by atoms with van der Waals surface area (Å²) in [4.78, 5) is 11.8. The fourth-order valence-electron chi connectivity index (χ4n) is 1.42. The number of nitrogens with two attached hydrogens (primary N) is 1. The SMILES string of the molecule is COc1nc(N)nc(NCCCn2cccn2)n1. The van der Waals surface area contributed by atoms with E-state index in [0.29, 0.717) is 12.5 Å². The molecule has 0 fully saturated rings. The van der Waals surface area contributed by atoms with Gasteiger partial charge in [-0.2, -0.15) is 20.1 Å². The standard InChI is InChI=1S/C10H15N7O/c1-18-10-15-8(11)14-9(16-10)12-4-2-6-17-7-3-5-13-17/h3,5,7H,2,4,6H2,1H3,(H3,11,12,14,15,16). The van der Waals surface area contributed by atoms with Crippen molar-refractivity contribution in [2.45, 2.75) is 13.0 Å². The van der Waals surface area contributed by atoms with Gasteiger partial charge in [0.25, 0.3) is 0 Å². The molecule has 8 nitrogen and oxygen atoms in total. The van der Waals surface area contributed by atoms with E-state index >= 15 is 0 Å². The Labute approximate surface area is 104 Å². The molecule has 18 heavy (non-hydrogen) atoms. The van der Waals surface area contributed by atoms with E-state index in [-0.39, 0.29) is 12.0 Å². The highest BCUT2D eigenvalue weighted by molar-refractivity contribution is 5.32. The van der Waals surface area contributed by atoms with Gasteiger partial charge >= 0.3 is 6.01 Å². The molecular weight excluding hydrogens is 234 g/mol. The number of hydrogen-bond donors (Lipinski definition) is 2. The van der Waals surface area contributed by atoms with Crippen molar-refractivity contribution >= 4 is 11.9 Å². The number of nitrogen functional groups attached to an aromatic ring is 1. The van der Waals surface area contributed by atoms with Crippen LogP contribution in [0.3, 0.4) is 0 Å². The van der Waals surface area contributed by atoms with E-state index in [4.69, 9.17) is 10.5 Å². The maximum atomic E-state index is 5.52. The number of nitrogens with zero attached hydrogens (tertiary/aromatic N) is 5. The van der Waals surface area contributed by atoms with Crippen LogP contribution >= 0.6 is 0 Å². The summed E-state index contributed by atoms with van der Waals surface area (Å²) >= 11 is 0. The van der Waals surface area contributed by atoms with Crippen LogP contribution in [-0.2, 0) is 6.54 Å². The molecule has 0 aromatic carbocycles. The van der Waals surface area contributed by atoms with Gasteiger partial charge in [-0.15, -0.1) is 0 Å². The maximum Gasteiger partial charge on any atom is 0.322 e. The molecule has 0 aliphatic rings. The third-order valence-corrected chi connectivity index (χ3v) is 2.22. The van der Waals surface area contributed by atoms with Crippen LogP contribution in [0.4, 0.5) is 11.9 Å². The molecule has 2 aromatic heterocycles. The highest BCUT2D eigenvalue weighted by atomic mass is 16.5. The van der Waals surface area contributed by atoms with Crippen molar-refractivity contribution in [2.75, 3.05) is 24.7 Å². The summed E-state index contributed by atoms with van der Waals surface area (Å²) < 4.78 is 6.77. The van der Waals surface area contributed by atoms with E-state index < -0.39 is 0 Å². The van der Waals surface area contributed by atoms with Gasteiger partial charge in [0.2, 0.25) is 11.9 Å². The van der Waals surface area contributed by atoms with Crippen molar-refractivity contribution in [2.24, 2.45) is 0 Å². The van der Waals surface area contributed by atoms with Gasteiger partial charge in [0.1, 0.15) is 0 Å². The molecule has 96 valence electrons. The normalized spacial score (nSPS) is 10.3. The average molecular weight is 249 g/mol. The largest absolute Gasteiger partial charge is 0.467 e. The van der Waals surface area contributed by atoms with E-state index in [1.165, 1.54) is 7.11 Å². The van der Waals surface area contributed by atoms with E-state index in [1.807, 2.05) is 16.9 Å². The molecule has 0 spiro atoms. The number of aryl methyl sites for hydroxylation is 1. The van der Waals surface area contributed by atoms with Crippen LogP contribution < -0.4 is 15.8 Å². The minimum Gasteiger partial charge on any atom is -0.467 e. The lowest BCUT2D eigenvalue weighted by Crippen LogP contribution is -2.11. The number of anilines is 2. The summed E-state index contributed by atoms with van der Waals surface area (Å²) in [6.07, 6.45) is 4.57. The van der Waals surface area contributed by atoms with E-state index in [1.54, 1.807) is 6.20 Å². The Balaban J connectivity index is 1.81. The topological polar surface area (TPSA) is 104 Å². The van der Waals surface area contributed by atoms with Crippen LogP contribution in [0.15, 0.2) is 18.5 Å². The molecule has 2 heterocycles. The molecule has 0 unspecified atom stereocenters. The van der Waals surface area contributed by atoms with E-state index in [2.05, 4.69) is 25.4 Å². The number of hydrogen-bond acceptors (Lipinski definition) is 7. The van der Waals surface area contributed by atoms with Gasteiger partial charge in [-0.3, -0.25) is 4.68 Å². The van der Waals surface area contributed by atoms with Crippen LogP contribution in [0.5, 0.6) is 6.01 Å². The molecule has 0 amide bonds. The van der Waals surface area contributed by atoms with Crippen molar-refractivity contribution in [3.8, 4) is 6.01 Å². The fraction of sp³-hybridized carbons (Fsp3) is 0.400. The summed E-state index contributed by atoms with van der Waals surface area (Å²) in [7, 11) is 1.48. The van der Waals surface area contributed by atoms with Crippen LogP contribution in [-0.4, -0.2) is 38.4 Å². The molecule has 0 bridgehead atoms. The predicted octanol–water partition coefficient (Wildman–Crippen LogP) is 0.161. The van der Waals surface area contributed by atoms with Gasteiger partial charge < -0.3 is 15.8 Å². The summed E-state index contributed by atoms with van der Waals surface area (Å²) in [6, 6.07) is 2.10. The van der Waals surface area contributed by atoms with Gasteiger partial charge in [-0.05, 0) is 12.5 Å². The highest BCUT2D eigenvalue weighted by Crippen LogP contribution is 2.07. The Kier molecular flexibility index (Phi) is 3.90. The zero-order valence-electron chi connectivity index (χ0n) is 10.1. The van der Waals surface area contributed by atoms with Gasteiger partial charge in [0.15, 0.2) is 0 Å². The second-order valence-electron chi connectivity index (χ2n) is 3.55. The van der Waals surface area contributed by atoms with Crippen LogP contribution in [0.25, 0.3) is 0 Å². The van der Waals surface area contributed by atoms with Crippen LogP contribution in [0.2, 0.25) is 0 Å². The molecule has 2 rings (SSSR count). The zero-order chi connectivity index (χ0) is 12.8. The van der Waals surface area contributed by atoms with Crippen molar-refractivity contribution in [3.05, 3.63) is 18.5 Å². The third-order valence-electron chi connectivity index (χ3n) is 2.22. The van der Waals surface area contributed by atoms with Crippen LogP contribution in [0, 0.1) is 0 Å². The first-order chi connectivity index (χ1) is 8.78. The van der Waals surface area contributed by atoms with Gasteiger partial charge in [-0.1, -0.05) is 0 Å². The average Bonchev–Trinajstić information content (AvgIpc) is 2.87. The van der Waals surface area contributed by atoms with Gasteiger partial charge in [-0.25, -0.2) is 0 Å². The zero-order valence-corrected chi connectivity index (χ0v) is 10.1. The third kappa shape index (κ3) is 3.30. The molecule has 8 heteroatoms. The first-order valence-corrected chi connectivity index (χ1v) is 5.55. The number of aromatic nitrogens is 5. The smallest absolute Gasteiger partial charge is 0.322 e. The Morgan fingerprint density at radius 3 is 3.00 bits per heavy atom. The molecule has 2 aromatic rings. The van der Waals surface area contributed by atoms with E-state index in [0.717, 1.165) is 13.0 Å². The van der Waals surface area contributed by atoms with Gasteiger partial charge in [0, 0.05) is 25.5 Å². The van der Waals surface area contributed by atoms with Crippen LogP contribution in [0.1, 0.15) is 6.42 Å². The molecule has 0 aliphatic carbocycles. The van der Waals surface area contributed by atoms with Crippen molar-refractivity contribution < 1.29 is 4.74 Å². The number of nitrogens with one attached hydrogen (secondary N) is 1. The highest BCUT2D eigenvalue weighted by Gasteiger charge is 2.03. The monoisotopic (exact) mass is 249 g/mol. The first-order valence-electron chi connectivity index (χ1n) is 5.55. The lowest BCUT2D eigenvalue weighted by molar-refractivity contribution is 0.379. The Hall–Kier alpha value is -2.38. The number of ether oxygens (including phenoxy) is 1. The Bertz CT molecular complexity index is 485. The summed E-state index contributed by atoms with van der Waals surface area (Å²) in [6.45, 7) is 1.55. The number of methoxy groups -OCH3 is 1. The Morgan fingerprint density at radius 1 is 1.39 bits per heavy atom. The molecule has 3 N–H and O–H groups in total. The fourth-order valence-corrected chi connectivity index (χ4v) is 1.42.